The van der Waals surface area contributed by atoms with E-state index in [1.165, 1.54) is 10.9 Å². The van der Waals surface area contributed by atoms with Gasteiger partial charge in [-0.1, -0.05) is 18.2 Å². The molecule has 1 aromatic carbocycles. The Labute approximate surface area is 159 Å². The van der Waals surface area contributed by atoms with E-state index in [0.717, 1.165) is 10.9 Å². The van der Waals surface area contributed by atoms with Gasteiger partial charge in [-0.2, -0.15) is 15.1 Å². The third-order valence-electron chi connectivity index (χ3n) is 4.71. The minimum absolute atomic E-state index is 0.227. The quantitative estimate of drug-likeness (QED) is 0.561. The molecule has 4 heterocycles. The van der Waals surface area contributed by atoms with Crippen LogP contribution in [-0.4, -0.2) is 66.7 Å². The molecule has 1 aliphatic rings. The Bertz CT molecular complexity index is 1180. The standard InChI is InChI=1S/C18H17N7O3/c26-14(27)10-24-11-19-15-16(24)21-18(23-5-7-28-8-6-23)22-17(15)25-13-4-2-1-3-12(13)9-20-25/h1-4,9,11H,5-8,10H2,(H,26,27). The number of fused-ring (bicyclic) bond motifs is 2. The van der Waals surface area contributed by atoms with Crippen molar-refractivity contribution in [2.75, 3.05) is 31.2 Å². The van der Waals surface area contributed by atoms with E-state index in [9.17, 15) is 9.90 Å². The predicted molar refractivity (Wildman–Crippen MR) is 101 cm³/mol. The fourth-order valence-electron chi connectivity index (χ4n) is 3.37. The number of imidazole rings is 1. The number of carbonyl (C=O) groups is 1. The summed E-state index contributed by atoms with van der Waals surface area (Å²) in [6, 6.07) is 7.82. The Kier molecular flexibility index (Phi) is 3.90. The molecule has 0 unspecified atom stereocenters. The number of para-hydroxylation sites is 1. The number of nitrogens with zero attached hydrogens (tertiary/aromatic N) is 7. The summed E-state index contributed by atoms with van der Waals surface area (Å²) in [5.74, 6) is 0.0753. The number of benzene rings is 1. The monoisotopic (exact) mass is 379 g/mol. The molecule has 10 nitrogen and oxygen atoms in total. The first-order chi connectivity index (χ1) is 13.7. The highest BCUT2D eigenvalue weighted by Crippen LogP contribution is 2.25. The molecular weight excluding hydrogens is 362 g/mol. The first-order valence-corrected chi connectivity index (χ1v) is 8.91. The van der Waals surface area contributed by atoms with Crippen LogP contribution in [0.15, 0.2) is 36.8 Å². The van der Waals surface area contributed by atoms with E-state index in [-0.39, 0.29) is 6.54 Å². The minimum Gasteiger partial charge on any atom is -0.480 e. The van der Waals surface area contributed by atoms with Crippen molar-refractivity contribution < 1.29 is 14.6 Å². The van der Waals surface area contributed by atoms with Crippen molar-refractivity contribution in [1.82, 2.24) is 29.3 Å². The summed E-state index contributed by atoms with van der Waals surface area (Å²) in [6.07, 6.45) is 3.25. The van der Waals surface area contributed by atoms with Crippen molar-refractivity contribution in [1.29, 1.82) is 0 Å². The second-order valence-corrected chi connectivity index (χ2v) is 6.50. The second kappa shape index (κ2) is 6.57. The van der Waals surface area contributed by atoms with E-state index in [1.807, 2.05) is 29.2 Å². The molecule has 0 atom stereocenters. The zero-order chi connectivity index (χ0) is 19.1. The largest absolute Gasteiger partial charge is 0.480 e. The van der Waals surface area contributed by atoms with Gasteiger partial charge in [0, 0.05) is 18.5 Å². The van der Waals surface area contributed by atoms with Gasteiger partial charge < -0.3 is 19.3 Å². The number of carboxylic acid groups (broad SMARTS) is 1. The number of morpholine rings is 1. The molecule has 28 heavy (non-hydrogen) atoms. The van der Waals surface area contributed by atoms with Gasteiger partial charge in [0.25, 0.3) is 0 Å². The Morgan fingerprint density at radius 2 is 2.00 bits per heavy atom. The maximum atomic E-state index is 11.2. The van der Waals surface area contributed by atoms with Crippen molar-refractivity contribution in [3.63, 3.8) is 0 Å². The minimum atomic E-state index is -0.961. The highest BCUT2D eigenvalue weighted by molar-refractivity contribution is 5.86. The zero-order valence-corrected chi connectivity index (χ0v) is 14.9. The fourth-order valence-corrected chi connectivity index (χ4v) is 3.37. The van der Waals surface area contributed by atoms with E-state index in [0.29, 0.717) is 49.2 Å². The van der Waals surface area contributed by atoms with E-state index >= 15 is 0 Å². The molecule has 0 amide bonds. The van der Waals surface area contributed by atoms with Gasteiger partial charge in [-0.05, 0) is 6.07 Å². The fraction of sp³-hybridized carbons (Fsp3) is 0.278. The second-order valence-electron chi connectivity index (χ2n) is 6.50. The van der Waals surface area contributed by atoms with Gasteiger partial charge in [0.05, 0.1) is 31.3 Å². The molecule has 0 spiro atoms. The summed E-state index contributed by atoms with van der Waals surface area (Å²) in [5, 5.41) is 14.7. The summed E-state index contributed by atoms with van der Waals surface area (Å²) in [4.78, 5) is 27.0. The average molecular weight is 379 g/mol. The van der Waals surface area contributed by atoms with Crippen LogP contribution in [0.2, 0.25) is 0 Å². The number of aromatic nitrogens is 6. The predicted octanol–water partition coefficient (Wildman–Crippen LogP) is 1.09. The van der Waals surface area contributed by atoms with Crippen LogP contribution in [0.3, 0.4) is 0 Å². The van der Waals surface area contributed by atoms with Crippen LogP contribution in [0.4, 0.5) is 5.95 Å². The third-order valence-corrected chi connectivity index (χ3v) is 4.71. The Hall–Kier alpha value is -3.53. The normalized spacial score (nSPS) is 14.8. The lowest BCUT2D eigenvalue weighted by Gasteiger charge is -2.27. The molecule has 0 radical (unpaired) electrons. The Balaban J connectivity index is 1.74. The van der Waals surface area contributed by atoms with E-state index in [4.69, 9.17) is 9.72 Å². The molecule has 0 saturated carbocycles. The molecule has 1 N–H and O–H groups in total. The van der Waals surface area contributed by atoms with Crippen LogP contribution in [0, 0.1) is 0 Å². The van der Waals surface area contributed by atoms with Gasteiger partial charge >= 0.3 is 5.97 Å². The average Bonchev–Trinajstić information content (AvgIpc) is 3.32. The van der Waals surface area contributed by atoms with Gasteiger partial charge in [0.1, 0.15) is 6.54 Å². The number of carboxylic acids is 1. The van der Waals surface area contributed by atoms with E-state index in [2.05, 4.69) is 15.1 Å². The van der Waals surface area contributed by atoms with Gasteiger partial charge in [-0.3, -0.25) is 4.79 Å². The lowest BCUT2D eigenvalue weighted by Crippen LogP contribution is -2.37. The van der Waals surface area contributed by atoms with Crippen molar-refractivity contribution in [3.8, 4) is 5.82 Å². The van der Waals surface area contributed by atoms with Gasteiger partial charge in [-0.25, -0.2) is 9.67 Å². The number of ether oxygens (including phenoxy) is 1. The lowest BCUT2D eigenvalue weighted by molar-refractivity contribution is -0.137. The molecule has 0 aliphatic carbocycles. The van der Waals surface area contributed by atoms with Crippen LogP contribution in [-0.2, 0) is 16.1 Å². The van der Waals surface area contributed by atoms with Crippen LogP contribution >= 0.6 is 0 Å². The van der Waals surface area contributed by atoms with E-state index in [1.54, 1.807) is 10.9 Å². The zero-order valence-electron chi connectivity index (χ0n) is 14.9. The van der Waals surface area contributed by atoms with Crippen molar-refractivity contribution in [2.45, 2.75) is 6.54 Å². The Morgan fingerprint density at radius 1 is 1.18 bits per heavy atom. The SMILES string of the molecule is O=C(O)Cn1cnc2c(-n3ncc4ccccc43)nc(N3CCOCC3)nc21. The highest BCUT2D eigenvalue weighted by Gasteiger charge is 2.21. The third kappa shape index (κ3) is 2.74. The summed E-state index contributed by atoms with van der Waals surface area (Å²) < 4.78 is 8.66. The molecule has 4 aromatic rings. The molecule has 142 valence electrons. The number of aliphatic carboxylic acids is 1. The molecule has 1 aliphatic heterocycles. The smallest absolute Gasteiger partial charge is 0.323 e. The highest BCUT2D eigenvalue weighted by atomic mass is 16.5. The van der Waals surface area contributed by atoms with Gasteiger partial charge in [-0.15, -0.1) is 0 Å². The van der Waals surface area contributed by atoms with Crippen LogP contribution in [0.5, 0.6) is 0 Å². The summed E-state index contributed by atoms with van der Waals surface area (Å²) in [7, 11) is 0. The molecule has 10 heteroatoms. The molecule has 0 bridgehead atoms. The topological polar surface area (TPSA) is 111 Å². The number of hydrogen-bond acceptors (Lipinski definition) is 7. The van der Waals surface area contributed by atoms with Gasteiger partial charge in [0.2, 0.25) is 5.95 Å². The van der Waals surface area contributed by atoms with Crippen molar-refractivity contribution in [3.05, 3.63) is 36.8 Å². The summed E-state index contributed by atoms with van der Waals surface area (Å²) in [5.41, 5.74) is 1.86. The first kappa shape index (κ1) is 16.6. The molecule has 3 aromatic heterocycles. The van der Waals surface area contributed by atoms with Crippen molar-refractivity contribution in [2.24, 2.45) is 0 Å². The summed E-state index contributed by atoms with van der Waals surface area (Å²) >= 11 is 0. The number of rotatable bonds is 4. The lowest BCUT2D eigenvalue weighted by atomic mass is 10.2. The molecular formula is C18H17N7O3. The van der Waals surface area contributed by atoms with Gasteiger partial charge in [0.15, 0.2) is 17.0 Å². The summed E-state index contributed by atoms with van der Waals surface area (Å²) in [6.45, 7) is 2.29. The first-order valence-electron chi connectivity index (χ1n) is 8.91. The number of anilines is 1. The van der Waals surface area contributed by atoms with Crippen LogP contribution in [0.1, 0.15) is 0 Å². The van der Waals surface area contributed by atoms with E-state index < -0.39 is 5.97 Å². The molecule has 5 rings (SSSR count). The molecule has 1 fully saturated rings. The maximum Gasteiger partial charge on any atom is 0.323 e. The molecule has 1 saturated heterocycles. The Morgan fingerprint density at radius 3 is 2.82 bits per heavy atom. The maximum absolute atomic E-state index is 11.2. The van der Waals surface area contributed by atoms with Crippen LogP contribution < -0.4 is 4.90 Å². The van der Waals surface area contributed by atoms with Crippen molar-refractivity contribution >= 4 is 34.0 Å². The van der Waals surface area contributed by atoms with Crippen LogP contribution in [0.25, 0.3) is 27.9 Å². The number of hydrogen-bond donors (Lipinski definition) is 1.